The smallest absolute Gasteiger partial charge is 0.306 e. The summed E-state index contributed by atoms with van der Waals surface area (Å²) in [4.78, 5) is 26.2. The highest BCUT2D eigenvalue weighted by Crippen LogP contribution is 2.17. The molecule has 62 heavy (non-hydrogen) atoms. The summed E-state index contributed by atoms with van der Waals surface area (Å²) in [5.74, 6) is -0.500. The van der Waals surface area contributed by atoms with Gasteiger partial charge in [-0.1, -0.05) is 210 Å². The summed E-state index contributed by atoms with van der Waals surface area (Å²) in [5.41, 5.74) is 0. The minimum atomic E-state index is -0.794. The molecule has 0 aliphatic carbocycles. The molecule has 0 saturated carbocycles. The predicted molar refractivity (Wildman–Crippen MR) is 268 cm³/mol. The average molecular weight is 868 g/mol. The van der Waals surface area contributed by atoms with Gasteiger partial charge in [0, 0.05) is 6.42 Å². The van der Waals surface area contributed by atoms with Gasteiger partial charge in [0.05, 0.1) is 25.2 Å². The largest absolute Gasteiger partial charge is 0.462 e. The van der Waals surface area contributed by atoms with Crippen LogP contribution < -0.4 is 5.32 Å². The molecular formula is C56H101NO5. The highest BCUT2D eigenvalue weighted by Gasteiger charge is 2.24. The van der Waals surface area contributed by atoms with Gasteiger partial charge in [0.25, 0.3) is 0 Å². The van der Waals surface area contributed by atoms with Crippen molar-refractivity contribution in [2.24, 2.45) is 0 Å². The molecule has 0 fully saturated rings. The van der Waals surface area contributed by atoms with Crippen molar-refractivity contribution in [1.82, 2.24) is 5.32 Å². The second-order valence-corrected chi connectivity index (χ2v) is 17.9. The quantitative estimate of drug-likeness (QED) is 0.0322. The van der Waals surface area contributed by atoms with E-state index in [1.54, 1.807) is 0 Å². The second kappa shape index (κ2) is 49.6. The maximum Gasteiger partial charge on any atom is 0.306 e. The fourth-order valence-electron chi connectivity index (χ4n) is 7.76. The van der Waals surface area contributed by atoms with Crippen LogP contribution in [0.5, 0.6) is 0 Å². The Morgan fingerprint density at radius 2 is 0.823 bits per heavy atom. The first kappa shape index (κ1) is 59.6. The molecule has 6 nitrogen and oxygen atoms in total. The lowest BCUT2D eigenvalue weighted by Crippen LogP contribution is -2.46. The van der Waals surface area contributed by atoms with Crippen molar-refractivity contribution in [2.75, 3.05) is 6.61 Å². The Morgan fingerprint density at radius 1 is 0.468 bits per heavy atom. The molecule has 360 valence electrons. The van der Waals surface area contributed by atoms with E-state index in [-0.39, 0.29) is 24.9 Å². The van der Waals surface area contributed by atoms with E-state index in [0.717, 1.165) is 89.9 Å². The molecule has 0 saturated heterocycles. The Kier molecular flexibility index (Phi) is 47.6. The standard InChI is InChI=1S/C56H101NO5/c1-4-7-10-13-16-19-21-23-25-26-27-28-30-32-34-37-40-43-46-49-56(61)62-52(47-44-41-38-36-33-31-29-24-22-20-17-14-11-8-5-2)50-55(60)57-53(51-58)54(59)48-45-42-39-35-18-15-12-9-6-3/h16-17,19-20,23-25,27-29,52-54,58-59H,4-15,18,21-22,26,30-51H2,1-3H3,(H,57,60)/b19-16-,20-17-,25-23-,28-27-,29-24-. The van der Waals surface area contributed by atoms with Crippen LogP contribution >= 0.6 is 0 Å². The third kappa shape index (κ3) is 44.2. The maximum atomic E-state index is 13.2. The molecule has 3 unspecified atom stereocenters. The average Bonchev–Trinajstić information content (AvgIpc) is 3.26. The van der Waals surface area contributed by atoms with Crippen LogP contribution in [0.3, 0.4) is 0 Å². The van der Waals surface area contributed by atoms with Gasteiger partial charge in [0.15, 0.2) is 0 Å². The van der Waals surface area contributed by atoms with Crippen molar-refractivity contribution in [3.05, 3.63) is 60.8 Å². The third-order valence-electron chi connectivity index (χ3n) is 11.8. The van der Waals surface area contributed by atoms with Gasteiger partial charge >= 0.3 is 5.97 Å². The number of hydrogen-bond acceptors (Lipinski definition) is 5. The number of carbonyl (C=O) groups is 2. The highest BCUT2D eigenvalue weighted by molar-refractivity contribution is 5.77. The van der Waals surface area contributed by atoms with Gasteiger partial charge in [0.2, 0.25) is 5.91 Å². The number of rotatable bonds is 47. The van der Waals surface area contributed by atoms with E-state index < -0.39 is 18.2 Å². The Hall–Kier alpha value is -2.44. The molecule has 0 heterocycles. The van der Waals surface area contributed by atoms with Crippen molar-refractivity contribution in [1.29, 1.82) is 0 Å². The SMILES string of the molecule is CCCCC/C=C\C/C=C\C/C=C\CCCCCCCCC(=O)OC(CCCCCCC/C=C\C/C=C\CCCCC)CC(=O)NC(CO)C(O)CCCCCCCCCCC. The summed E-state index contributed by atoms with van der Waals surface area (Å²) in [6.45, 7) is 6.41. The van der Waals surface area contributed by atoms with Crippen LogP contribution in [0.2, 0.25) is 0 Å². The number of carbonyl (C=O) groups excluding carboxylic acids is 2. The Labute approximate surface area is 384 Å². The first-order chi connectivity index (χ1) is 30.5. The van der Waals surface area contributed by atoms with Gasteiger partial charge in [-0.2, -0.15) is 0 Å². The zero-order valence-corrected chi connectivity index (χ0v) is 41.0. The minimum absolute atomic E-state index is 0.0616. The zero-order chi connectivity index (χ0) is 45.2. The van der Waals surface area contributed by atoms with E-state index in [1.165, 1.54) is 122 Å². The number of aliphatic hydroxyl groups excluding tert-OH is 2. The lowest BCUT2D eigenvalue weighted by atomic mass is 10.0. The molecule has 0 aliphatic heterocycles. The molecule has 1 amide bonds. The second-order valence-electron chi connectivity index (χ2n) is 17.9. The Bertz CT molecular complexity index is 1110. The van der Waals surface area contributed by atoms with Crippen molar-refractivity contribution >= 4 is 11.9 Å². The maximum absolute atomic E-state index is 13.2. The van der Waals surface area contributed by atoms with Gasteiger partial charge in [0.1, 0.15) is 6.10 Å². The molecule has 6 heteroatoms. The Balaban J connectivity index is 4.59. The molecule has 0 spiro atoms. The van der Waals surface area contributed by atoms with Gasteiger partial charge in [-0.3, -0.25) is 9.59 Å². The van der Waals surface area contributed by atoms with Gasteiger partial charge < -0.3 is 20.3 Å². The molecule has 3 N–H and O–H groups in total. The van der Waals surface area contributed by atoms with E-state index in [0.29, 0.717) is 19.3 Å². The Morgan fingerprint density at radius 3 is 1.27 bits per heavy atom. The number of amides is 1. The highest BCUT2D eigenvalue weighted by atomic mass is 16.5. The summed E-state index contributed by atoms with van der Waals surface area (Å²) in [6.07, 6.45) is 61.4. The first-order valence-corrected chi connectivity index (χ1v) is 26.5. The molecule has 3 atom stereocenters. The molecular weight excluding hydrogens is 767 g/mol. The van der Waals surface area contributed by atoms with Gasteiger partial charge in [-0.25, -0.2) is 0 Å². The summed E-state index contributed by atoms with van der Waals surface area (Å²) in [5, 5.41) is 23.7. The number of nitrogens with one attached hydrogen (secondary N) is 1. The van der Waals surface area contributed by atoms with E-state index in [2.05, 4.69) is 86.8 Å². The number of aliphatic hydroxyl groups is 2. The first-order valence-electron chi connectivity index (χ1n) is 26.5. The fourth-order valence-corrected chi connectivity index (χ4v) is 7.76. The topological polar surface area (TPSA) is 95.9 Å². The molecule has 0 aromatic carbocycles. The van der Waals surface area contributed by atoms with Crippen molar-refractivity contribution in [3.8, 4) is 0 Å². The summed E-state index contributed by atoms with van der Waals surface area (Å²) >= 11 is 0. The van der Waals surface area contributed by atoms with Crippen LogP contribution in [0.4, 0.5) is 0 Å². The predicted octanol–water partition coefficient (Wildman–Crippen LogP) is 16.0. The lowest BCUT2D eigenvalue weighted by Gasteiger charge is -2.24. The molecule has 0 rings (SSSR count). The fraction of sp³-hybridized carbons (Fsp3) is 0.786. The number of allylic oxidation sites excluding steroid dienone is 10. The van der Waals surface area contributed by atoms with E-state index in [9.17, 15) is 19.8 Å². The van der Waals surface area contributed by atoms with Crippen molar-refractivity contribution in [3.63, 3.8) is 0 Å². The number of hydrogen-bond donors (Lipinski definition) is 3. The van der Waals surface area contributed by atoms with Gasteiger partial charge in [-0.15, -0.1) is 0 Å². The third-order valence-corrected chi connectivity index (χ3v) is 11.8. The molecule has 0 aromatic heterocycles. The summed E-state index contributed by atoms with van der Waals surface area (Å²) in [6, 6.07) is -0.709. The van der Waals surface area contributed by atoms with Crippen molar-refractivity contribution in [2.45, 2.75) is 277 Å². The van der Waals surface area contributed by atoms with Crippen LogP contribution in [-0.4, -0.2) is 46.9 Å². The molecule has 0 aliphatic rings. The van der Waals surface area contributed by atoms with E-state index in [4.69, 9.17) is 4.74 Å². The van der Waals surface area contributed by atoms with Gasteiger partial charge in [-0.05, 0) is 96.3 Å². The van der Waals surface area contributed by atoms with E-state index >= 15 is 0 Å². The van der Waals surface area contributed by atoms with Crippen LogP contribution in [0.1, 0.15) is 258 Å². The molecule has 0 radical (unpaired) electrons. The van der Waals surface area contributed by atoms with Crippen LogP contribution in [0, 0.1) is 0 Å². The monoisotopic (exact) mass is 868 g/mol. The van der Waals surface area contributed by atoms with E-state index in [1.807, 2.05) is 0 Å². The van der Waals surface area contributed by atoms with Crippen LogP contribution in [0.15, 0.2) is 60.8 Å². The molecule has 0 aromatic rings. The summed E-state index contributed by atoms with van der Waals surface area (Å²) in [7, 11) is 0. The number of ether oxygens (including phenoxy) is 1. The lowest BCUT2D eigenvalue weighted by molar-refractivity contribution is -0.151. The molecule has 0 bridgehead atoms. The number of unbranched alkanes of at least 4 members (excludes halogenated alkanes) is 25. The van der Waals surface area contributed by atoms with Crippen LogP contribution in [0.25, 0.3) is 0 Å². The number of esters is 1. The minimum Gasteiger partial charge on any atom is -0.462 e. The zero-order valence-electron chi connectivity index (χ0n) is 41.0. The normalized spacial score (nSPS) is 13.7. The van der Waals surface area contributed by atoms with Crippen molar-refractivity contribution < 1.29 is 24.5 Å². The summed E-state index contributed by atoms with van der Waals surface area (Å²) < 4.78 is 5.93. The van der Waals surface area contributed by atoms with Crippen LogP contribution in [-0.2, 0) is 14.3 Å².